The zero-order valence-corrected chi connectivity index (χ0v) is 23.8. The van der Waals surface area contributed by atoms with Gasteiger partial charge >= 0.3 is 0 Å². The number of morpholine rings is 1. The number of hydrogen-bond acceptors (Lipinski definition) is 8. The van der Waals surface area contributed by atoms with E-state index in [1.165, 1.54) is 28.8 Å². The van der Waals surface area contributed by atoms with Gasteiger partial charge in [-0.15, -0.1) is 0 Å². The number of hydrogen-bond donors (Lipinski definition) is 1. The van der Waals surface area contributed by atoms with Gasteiger partial charge in [-0.1, -0.05) is 41.7 Å². The van der Waals surface area contributed by atoms with E-state index in [1.54, 1.807) is 55.5 Å². The minimum absolute atomic E-state index is 0.101. The van der Waals surface area contributed by atoms with Gasteiger partial charge in [-0.05, 0) is 48.9 Å². The minimum Gasteiger partial charge on any atom is -0.378 e. The second kappa shape index (κ2) is 11.7. The third-order valence-corrected chi connectivity index (χ3v) is 8.33. The molecule has 4 aromatic rings. The van der Waals surface area contributed by atoms with Gasteiger partial charge < -0.3 is 15.0 Å². The Bertz CT molecular complexity index is 1930. The highest BCUT2D eigenvalue weighted by Crippen LogP contribution is 2.31. The van der Waals surface area contributed by atoms with Gasteiger partial charge in [0.05, 0.1) is 40.0 Å². The number of fused-ring (bicyclic) bond motifs is 1. The summed E-state index contributed by atoms with van der Waals surface area (Å²) in [7, 11) is 0. The van der Waals surface area contributed by atoms with Crippen molar-refractivity contribution in [3.63, 3.8) is 0 Å². The fraction of sp³-hybridized carbons (Fsp3) is 0.194. The van der Waals surface area contributed by atoms with E-state index in [4.69, 9.17) is 4.74 Å². The summed E-state index contributed by atoms with van der Waals surface area (Å²) in [5.74, 6) is -0.891. The van der Waals surface area contributed by atoms with E-state index >= 15 is 0 Å². The standard InChI is InChI=1S/C31H26FN5O5S/c1-19-27(29(38)34-23-5-3-2-4-6-23)28(20-7-9-22(32)10-8-20)36-30(39)26(43-31(36)33-19)18-21-17-24(37(40)41)11-12-25(21)35-13-15-42-16-14-35/h2-12,17-18,28H,13-16H2,1H3,(H,34,38)/b26-18-/t28-/m1/s1. The van der Waals surface area contributed by atoms with Gasteiger partial charge in [-0.3, -0.25) is 24.3 Å². The predicted molar refractivity (Wildman–Crippen MR) is 161 cm³/mol. The van der Waals surface area contributed by atoms with Crippen LogP contribution >= 0.6 is 11.3 Å². The summed E-state index contributed by atoms with van der Waals surface area (Å²) in [5.41, 5.74) is 2.51. The SMILES string of the molecule is CC1=C(C(=O)Nc2ccccc2)[C@@H](c2ccc(F)cc2)n2c(s/c(=C\c3cc([N+](=O)[O-])ccc3N3CCOCC3)c2=O)=N1. The molecule has 10 nitrogen and oxygen atoms in total. The first-order chi connectivity index (χ1) is 20.8. The monoisotopic (exact) mass is 599 g/mol. The molecule has 2 aliphatic rings. The first-order valence-electron chi connectivity index (χ1n) is 13.6. The number of nitro groups is 1. The quantitative estimate of drug-likeness (QED) is 0.266. The lowest BCUT2D eigenvalue weighted by atomic mass is 9.95. The smallest absolute Gasteiger partial charge is 0.271 e. The normalized spacial score (nSPS) is 16.9. The van der Waals surface area contributed by atoms with Crippen LogP contribution in [0.1, 0.15) is 24.1 Å². The second-order valence-corrected chi connectivity index (χ2v) is 11.1. The van der Waals surface area contributed by atoms with Crippen molar-refractivity contribution in [2.45, 2.75) is 13.0 Å². The molecule has 0 aliphatic carbocycles. The molecule has 1 amide bonds. The Labute approximate surface area is 248 Å². The summed E-state index contributed by atoms with van der Waals surface area (Å²) in [6.07, 6.45) is 1.63. The summed E-state index contributed by atoms with van der Waals surface area (Å²) in [4.78, 5) is 46.0. The van der Waals surface area contributed by atoms with Gasteiger partial charge in [0.15, 0.2) is 4.80 Å². The molecule has 0 spiro atoms. The molecular formula is C31H26FN5O5S. The van der Waals surface area contributed by atoms with Crippen LogP contribution in [-0.4, -0.2) is 41.7 Å². The summed E-state index contributed by atoms with van der Waals surface area (Å²) in [6.45, 7) is 3.93. The molecule has 3 heterocycles. The lowest BCUT2D eigenvalue weighted by Gasteiger charge is -2.30. The number of anilines is 2. The van der Waals surface area contributed by atoms with Crippen molar-refractivity contribution < 1.29 is 18.8 Å². The van der Waals surface area contributed by atoms with Crippen molar-refractivity contribution in [3.8, 4) is 0 Å². The summed E-state index contributed by atoms with van der Waals surface area (Å²) < 4.78 is 21.1. The van der Waals surface area contributed by atoms with Gasteiger partial charge in [0.25, 0.3) is 17.2 Å². The molecule has 0 bridgehead atoms. The molecule has 1 aromatic heterocycles. The number of non-ortho nitro benzene ring substituents is 1. The highest BCUT2D eigenvalue weighted by molar-refractivity contribution is 7.07. The van der Waals surface area contributed by atoms with Crippen LogP contribution in [0.15, 0.2) is 93.9 Å². The molecule has 1 atom stereocenters. The maximum absolute atomic E-state index is 14.1. The molecule has 6 rings (SSSR count). The van der Waals surface area contributed by atoms with Crippen molar-refractivity contribution in [1.29, 1.82) is 0 Å². The van der Waals surface area contributed by atoms with Gasteiger partial charge in [0.2, 0.25) is 0 Å². The number of para-hydroxylation sites is 1. The van der Waals surface area contributed by atoms with Crippen LogP contribution in [-0.2, 0) is 9.53 Å². The maximum Gasteiger partial charge on any atom is 0.271 e. The molecule has 12 heteroatoms. The summed E-state index contributed by atoms with van der Waals surface area (Å²) >= 11 is 1.12. The molecule has 1 saturated heterocycles. The van der Waals surface area contributed by atoms with Crippen LogP contribution in [0.2, 0.25) is 0 Å². The highest BCUT2D eigenvalue weighted by atomic mass is 32.1. The molecule has 0 saturated carbocycles. The van der Waals surface area contributed by atoms with Crippen molar-refractivity contribution in [2.24, 2.45) is 4.99 Å². The van der Waals surface area contributed by atoms with E-state index in [0.717, 1.165) is 17.0 Å². The van der Waals surface area contributed by atoms with E-state index in [9.17, 15) is 24.1 Å². The Morgan fingerprint density at radius 1 is 1.12 bits per heavy atom. The third kappa shape index (κ3) is 5.62. The first kappa shape index (κ1) is 28.2. The Kier molecular flexibility index (Phi) is 7.70. The molecule has 0 unspecified atom stereocenters. The number of carbonyl (C=O) groups excluding carboxylic acids is 1. The zero-order valence-electron chi connectivity index (χ0n) is 23.0. The molecule has 0 radical (unpaired) electrons. The largest absolute Gasteiger partial charge is 0.378 e. The van der Waals surface area contributed by atoms with Crippen molar-refractivity contribution in [3.05, 3.63) is 131 Å². The fourth-order valence-corrected chi connectivity index (χ4v) is 6.33. The fourth-order valence-electron chi connectivity index (χ4n) is 5.30. The Hall–Kier alpha value is -4.94. The summed E-state index contributed by atoms with van der Waals surface area (Å²) in [5, 5.41) is 14.5. The molecule has 43 heavy (non-hydrogen) atoms. The number of nitrogens with one attached hydrogen (secondary N) is 1. The number of carbonyl (C=O) groups is 1. The number of nitro benzene ring substituents is 1. The number of rotatable bonds is 6. The summed E-state index contributed by atoms with van der Waals surface area (Å²) in [6, 6.07) is 18.3. The number of amides is 1. The lowest BCUT2D eigenvalue weighted by molar-refractivity contribution is -0.384. The Morgan fingerprint density at radius 3 is 2.53 bits per heavy atom. The lowest BCUT2D eigenvalue weighted by Crippen LogP contribution is -2.40. The zero-order chi connectivity index (χ0) is 30.1. The van der Waals surface area contributed by atoms with E-state index in [-0.39, 0.29) is 11.3 Å². The van der Waals surface area contributed by atoms with Crippen LogP contribution in [0.4, 0.5) is 21.5 Å². The average molecular weight is 600 g/mol. The van der Waals surface area contributed by atoms with E-state index in [2.05, 4.69) is 15.2 Å². The molecule has 3 aromatic carbocycles. The number of halogens is 1. The van der Waals surface area contributed by atoms with Gasteiger partial charge in [-0.25, -0.2) is 9.38 Å². The predicted octanol–water partition coefficient (Wildman–Crippen LogP) is 3.76. The molecule has 2 aliphatic heterocycles. The maximum atomic E-state index is 14.1. The first-order valence-corrected chi connectivity index (χ1v) is 14.4. The average Bonchev–Trinajstić information content (AvgIpc) is 3.31. The topological polar surface area (TPSA) is 119 Å². The number of allylic oxidation sites excluding steroid dienone is 1. The van der Waals surface area contributed by atoms with Crippen molar-refractivity contribution in [1.82, 2.24) is 4.57 Å². The third-order valence-electron chi connectivity index (χ3n) is 7.34. The van der Waals surface area contributed by atoms with E-state index in [1.807, 2.05) is 6.07 Å². The number of ether oxygens (including phenoxy) is 1. The van der Waals surface area contributed by atoms with Crippen LogP contribution in [0.3, 0.4) is 0 Å². The van der Waals surface area contributed by atoms with Crippen molar-refractivity contribution in [2.75, 3.05) is 36.5 Å². The van der Waals surface area contributed by atoms with Crippen LogP contribution in [0.5, 0.6) is 0 Å². The highest BCUT2D eigenvalue weighted by Gasteiger charge is 2.32. The van der Waals surface area contributed by atoms with E-state index < -0.39 is 28.2 Å². The van der Waals surface area contributed by atoms with Crippen LogP contribution < -0.4 is 25.1 Å². The molecule has 218 valence electrons. The van der Waals surface area contributed by atoms with Crippen LogP contribution in [0.25, 0.3) is 6.08 Å². The van der Waals surface area contributed by atoms with Gasteiger partial charge in [0, 0.05) is 42.2 Å². The van der Waals surface area contributed by atoms with Gasteiger partial charge in [-0.2, -0.15) is 0 Å². The molecule has 1 N–H and O–H groups in total. The molecule has 1 fully saturated rings. The number of benzene rings is 3. The second-order valence-electron chi connectivity index (χ2n) is 10.1. The van der Waals surface area contributed by atoms with E-state index in [0.29, 0.717) is 58.1 Å². The van der Waals surface area contributed by atoms with Crippen LogP contribution in [0, 0.1) is 15.9 Å². The van der Waals surface area contributed by atoms with Gasteiger partial charge in [0.1, 0.15) is 5.82 Å². The van der Waals surface area contributed by atoms with Crippen molar-refractivity contribution >= 4 is 40.4 Å². The number of nitrogens with zero attached hydrogens (tertiary/aromatic N) is 4. The Morgan fingerprint density at radius 2 is 1.84 bits per heavy atom. The minimum atomic E-state index is -0.883. The molecular weight excluding hydrogens is 573 g/mol. The number of aromatic nitrogens is 1. The number of thiazole rings is 1. The Balaban J connectivity index is 1.51.